The van der Waals surface area contributed by atoms with Gasteiger partial charge in [-0.15, -0.1) is 0 Å². The molecule has 3 heteroatoms. The highest BCUT2D eigenvalue weighted by atomic mass is 15.0. The van der Waals surface area contributed by atoms with E-state index < -0.39 is 0 Å². The van der Waals surface area contributed by atoms with Gasteiger partial charge in [0.2, 0.25) is 0 Å². The number of nitrogens with zero attached hydrogens (tertiary/aromatic N) is 2. The van der Waals surface area contributed by atoms with Crippen LogP contribution < -0.4 is 5.32 Å². The molecule has 1 heterocycles. The monoisotopic (exact) mass is 207 g/mol. The summed E-state index contributed by atoms with van der Waals surface area (Å²) in [6, 6.07) is 0.675. The lowest BCUT2D eigenvalue weighted by Crippen LogP contribution is -2.26. The summed E-state index contributed by atoms with van der Waals surface area (Å²) in [5, 5.41) is 3.42. The van der Waals surface area contributed by atoms with Crippen molar-refractivity contribution in [3.05, 3.63) is 18.2 Å². The number of imidazole rings is 1. The lowest BCUT2D eigenvalue weighted by molar-refractivity contribution is 0.458. The number of hydrogen-bond acceptors (Lipinski definition) is 2. The zero-order valence-electron chi connectivity index (χ0n) is 9.74. The number of aromatic nitrogens is 2. The minimum Gasteiger partial charge on any atom is -0.338 e. The fourth-order valence-electron chi connectivity index (χ4n) is 2.08. The van der Waals surface area contributed by atoms with E-state index in [4.69, 9.17) is 0 Å². The van der Waals surface area contributed by atoms with Crippen molar-refractivity contribution in [2.45, 2.75) is 38.1 Å². The van der Waals surface area contributed by atoms with Gasteiger partial charge in [0.1, 0.15) is 5.82 Å². The van der Waals surface area contributed by atoms with Crippen LogP contribution in [-0.4, -0.2) is 22.6 Å². The fraction of sp³-hybridized carbons (Fsp3) is 0.750. The van der Waals surface area contributed by atoms with E-state index in [1.807, 2.05) is 12.4 Å². The molecule has 1 aromatic rings. The van der Waals surface area contributed by atoms with E-state index in [9.17, 15) is 0 Å². The number of rotatable bonds is 6. The SMILES string of the molecule is CNC(CCc1nccn1C)CC1CC1. The topological polar surface area (TPSA) is 29.9 Å². The Labute approximate surface area is 91.9 Å². The first kappa shape index (κ1) is 10.7. The molecule has 0 aromatic carbocycles. The normalized spacial score (nSPS) is 18.0. The standard InChI is InChI=1S/C12H21N3/c1-13-11(9-10-3-4-10)5-6-12-14-7-8-15(12)2/h7-8,10-11,13H,3-6,9H2,1-2H3. The van der Waals surface area contributed by atoms with E-state index in [0.717, 1.165) is 12.3 Å². The summed E-state index contributed by atoms with van der Waals surface area (Å²) in [5.41, 5.74) is 0. The molecule has 1 fully saturated rings. The minimum atomic E-state index is 0.675. The highest BCUT2D eigenvalue weighted by Crippen LogP contribution is 2.34. The van der Waals surface area contributed by atoms with Crippen LogP contribution in [0.5, 0.6) is 0 Å². The van der Waals surface area contributed by atoms with Crippen molar-refractivity contribution < 1.29 is 0 Å². The van der Waals surface area contributed by atoms with Gasteiger partial charge in [-0.25, -0.2) is 4.98 Å². The predicted octanol–water partition coefficient (Wildman–Crippen LogP) is 1.74. The van der Waals surface area contributed by atoms with Crippen molar-refractivity contribution in [1.82, 2.24) is 14.9 Å². The molecule has 15 heavy (non-hydrogen) atoms. The summed E-state index contributed by atoms with van der Waals surface area (Å²) in [6.45, 7) is 0. The summed E-state index contributed by atoms with van der Waals surface area (Å²) >= 11 is 0. The van der Waals surface area contributed by atoms with Crippen molar-refractivity contribution in [3.63, 3.8) is 0 Å². The fourth-order valence-corrected chi connectivity index (χ4v) is 2.08. The summed E-state index contributed by atoms with van der Waals surface area (Å²) in [5.74, 6) is 2.20. The quantitative estimate of drug-likeness (QED) is 0.770. The van der Waals surface area contributed by atoms with Crippen LogP contribution in [0.2, 0.25) is 0 Å². The molecule has 2 rings (SSSR count). The summed E-state index contributed by atoms with van der Waals surface area (Å²) < 4.78 is 2.11. The van der Waals surface area contributed by atoms with E-state index in [-0.39, 0.29) is 0 Å². The maximum Gasteiger partial charge on any atom is 0.108 e. The molecule has 1 aliphatic carbocycles. The Hall–Kier alpha value is -0.830. The van der Waals surface area contributed by atoms with Crippen LogP contribution in [0.4, 0.5) is 0 Å². The summed E-state index contributed by atoms with van der Waals surface area (Å²) in [6.07, 6.45) is 10.4. The zero-order valence-corrected chi connectivity index (χ0v) is 9.74. The van der Waals surface area contributed by atoms with E-state index in [0.29, 0.717) is 6.04 Å². The van der Waals surface area contributed by atoms with Gasteiger partial charge in [-0.2, -0.15) is 0 Å². The van der Waals surface area contributed by atoms with Crippen LogP contribution >= 0.6 is 0 Å². The van der Waals surface area contributed by atoms with Gasteiger partial charge in [-0.1, -0.05) is 12.8 Å². The Morgan fingerprint density at radius 3 is 2.93 bits per heavy atom. The van der Waals surface area contributed by atoms with E-state index >= 15 is 0 Å². The molecule has 0 radical (unpaired) electrons. The van der Waals surface area contributed by atoms with Crippen molar-refractivity contribution in [2.24, 2.45) is 13.0 Å². The van der Waals surface area contributed by atoms with Crippen LogP contribution in [0.15, 0.2) is 12.4 Å². The first-order valence-electron chi connectivity index (χ1n) is 5.93. The Balaban J connectivity index is 1.77. The first-order chi connectivity index (χ1) is 7.29. The second-order valence-corrected chi connectivity index (χ2v) is 4.66. The van der Waals surface area contributed by atoms with Gasteiger partial charge in [0.05, 0.1) is 0 Å². The largest absolute Gasteiger partial charge is 0.338 e. The average Bonchev–Trinajstić information content (AvgIpc) is 2.96. The maximum absolute atomic E-state index is 4.35. The van der Waals surface area contributed by atoms with Gasteiger partial charge < -0.3 is 9.88 Å². The van der Waals surface area contributed by atoms with Crippen LogP contribution in [0, 0.1) is 5.92 Å². The molecular weight excluding hydrogens is 186 g/mol. The average molecular weight is 207 g/mol. The third-order valence-corrected chi connectivity index (χ3v) is 3.36. The van der Waals surface area contributed by atoms with E-state index in [2.05, 4.69) is 29.0 Å². The molecule has 1 aromatic heterocycles. The van der Waals surface area contributed by atoms with Crippen LogP contribution in [0.25, 0.3) is 0 Å². The van der Waals surface area contributed by atoms with Gasteiger partial charge in [0, 0.05) is 31.9 Å². The molecule has 84 valence electrons. The number of aryl methyl sites for hydroxylation is 2. The predicted molar refractivity (Wildman–Crippen MR) is 61.7 cm³/mol. The van der Waals surface area contributed by atoms with Crippen molar-refractivity contribution in [3.8, 4) is 0 Å². The highest BCUT2D eigenvalue weighted by molar-refractivity contribution is 4.92. The van der Waals surface area contributed by atoms with Crippen molar-refractivity contribution in [1.29, 1.82) is 0 Å². The molecule has 1 atom stereocenters. The van der Waals surface area contributed by atoms with Crippen LogP contribution in [0.3, 0.4) is 0 Å². The molecule has 3 nitrogen and oxygen atoms in total. The van der Waals surface area contributed by atoms with Gasteiger partial charge >= 0.3 is 0 Å². The molecule has 0 spiro atoms. The van der Waals surface area contributed by atoms with Crippen LogP contribution in [0.1, 0.15) is 31.5 Å². The highest BCUT2D eigenvalue weighted by Gasteiger charge is 2.24. The van der Waals surface area contributed by atoms with Gasteiger partial charge in [-0.05, 0) is 25.8 Å². The second kappa shape index (κ2) is 4.79. The molecule has 1 unspecified atom stereocenters. The second-order valence-electron chi connectivity index (χ2n) is 4.66. The molecule has 0 saturated heterocycles. The van der Waals surface area contributed by atoms with Crippen molar-refractivity contribution in [2.75, 3.05) is 7.05 Å². The molecule has 0 amide bonds. The number of nitrogens with one attached hydrogen (secondary N) is 1. The maximum atomic E-state index is 4.35. The summed E-state index contributed by atoms with van der Waals surface area (Å²) in [4.78, 5) is 4.35. The van der Waals surface area contributed by atoms with Crippen LogP contribution in [-0.2, 0) is 13.5 Å². The molecule has 1 N–H and O–H groups in total. The Morgan fingerprint density at radius 1 is 1.60 bits per heavy atom. The van der Waals surface area contributed by atoms with Gasteiger partial charge in [-0.3, -0.25) is 0 Å². The third kappa shape index (κ3) is 3.06. The molecule has 0 bridgehead atoms. The van der Waals surface area contributed by atoms with Crippen molar-refractivity contribution >= 4 is 0 Å². The Morgan fingerprint density at radius 2 is 2.40 bits per heavy atom. The lowest BCUT2D eigenvalue weighted by Gasteiger charge is -2.15. The first-order valence-corrected chi connectivity index (χ1v) is 5.93. The molecule has 1 saturated carbocycles. The van der Waals surface area contributed by atoms with Gasteiger partial charge in [0.15, 0.2) is 0 Å². The van der Waals surface area contributed by atoms with Gasteiger partial charge in [0.25, 0.3) is 0 Å². The smallest absolute Gasteiger partial charge is 0.108 e. The molecule has 0 aliphatic heterocycles. The third-order valence-electron chi connectivity index (χ3n) is 3.36. The Kier molecular flexibility index (Phi) is 3.41. The number of hydrogen-bond donors (Lipinski definition) is 1. The zero-order chi connectivity index (χ0) is 10.7. The lowest BCUT2D eigenvalue weighted by atomic mass is 10.1. The van der Waals surface area contributed by atoms with E-state index in [1.165, 1.54) is 31.5 Å². The molecular formula is C12H21N3. The molecule has 1 aliphatic rings. The Bertz CT molecular complexity index is 302. The van der Waals surface area contributed by atoms with E-state index in [1.54, 1.807) is 0 Å². The minimum absolute atomic E-state index is 0.675. The summed E-state index contributed by atoms with van der Waals surface area (Å²) in [7, 11) is 4.14.